The molecule has 0 radical (unpaired) electrons. The SMILES string of the molecule is COc1ccc(OCC(=O)NC2(CC(=O)O)CCCC2)cc1C. The van der Waals surface area contributed by atoms with E-state index >= 15 is 0 Å². The number of benzene rings is 1. The maximum Gasteiger partial charge on any atom is 0.305 e. The summed E-state index contributed by atoms with van der Waals surface area (Å²) in [7, 11) is 1.60. The Morgan fingerprint density at radius 2 is 2.00 bits per heavy atom. The number of ether oxygens (including phenoxy) is 2. The number of methoxy groups -OCH3 is 1. The van der Waals surface area contributed by atoms with Gasteiger partial charge in [0.05, 0.1) is 19.1 Å². The number of aryl methyl sites for hydroxylation is 1. The van der Waals surface area contributed by atoms with Crippen LogP contribution in [0.3, 0.4) is 0 Å². The Morgan fingerprint density at radius 3 is 2.57 bits per heavy atom. The van der Waals surface area contributed by atoms with Crippen molar-refractivity contribution >= 4 is 11.9 Å². The minimum atomic E-state index is -0.890. The first-order valence-electron chi connectivity index (χ1n) is 7.74. The molecule has 0 unspecified atom stereocenters. The summed E-state index contributed by atoms with van der Waals surface area (Å²) in [5.41, 5.74) is 0.297. The molecule has 23 heavy (non-hydrogen) atoms. The quantitative estimate of drug-likeness (QED) is 0.805. The molecule has 6 heteroatoms. The molecule has 1 aromatic carbocycles. The molecule has 0 heterocycles. The van der Waals surface area contributed by atoms with Crippen LogP contribution in [0.1, 0.15) is 37.7 Å². The Bertz CT molecular complexity index is 578. The normalized spacial score (nSPS) is 15.9. The number of carboxylic acids is 1. The summed E-state index contributed by atoms with van der Waals surface area (Å²) in [6.07, 6.45) is 3.23. The number of carbonyl (C=O) groups is 2. The van der Waals surface area contributed by atoms with E-state index < -0.39 is 11.5 Å². The van der Waals surface area contributed by atoms with Gasteiger partial charge < -0.3 is 19.9 Å². The molecule has 0 spiro atoms. The molecule has 2 rings (SSSR count). The van der Waals surface area contributed by atoms with E-state index in [1.165, 1.54) is 0 Å². The Labute approximate surface area is 135 Å². The van der Waals surface area contributed by atoms with Gasteiger partial charge >= 0.3 is 5.97 Å². The van der Waals surface area contributed by atoms with Crippen molar-refractivity contribution in [1.29, 1.82) is 0 Å². The highest BCUT2D eigenvalue weighted by atomic mass is 16.5. The number of aliphatic carboxylic acids is 1. The molecule has 1 saturated carbocycles. The second kappa shape index (κ2) is 7.35. The van der Waals surface area contributed by atoms with E-state index in [9.17, 15) is 9.59 Å². The molecule has 0 saturated heterocycles. The van der Waals surface area contributed by atoms with Crippen molar-refractivity contribution in [2.45, 2.75) is 44.6 Å². The van der Waals surface area contributed by atoms with Crippen molar-refractivity contribution in [3.8, 4) is 11.5 Å². The zero-order chi connectivity index (χ0) is 16.9. The van der Waals surface area contributed by atoms with Crippen molar-refractivity contribution in [2.24, 2.45) is 0 Å². The lowest BCUT2D eigenvalue weighted by atomic mass is 9.93. The van der Waals surface area contributed by atoms with Crippen LogP contribution in [0.25, 0.3) is 0 Å². The second-order valence-electron chi connectivity index (χ2n) is 6.03. The van der Waals surface area contributed by atoms with E-state index in [0.29, 0.717) is 18.6 Å². The minimum absolute atomic E-state index is 0.0413. The van der Waals surface area contributed by atoms with E-state index in [2.05, 4.69) is 5.32 Å². The lowest BCUT2D eigenvalue weighted by molar-refractivity contribution is -0.139. The van der Waals surface area contributed by atoms with Crippen LogP contribution in [0.5, 0.6) is 11.5 Å². The summed E-state index contributed by atoms with van der Waals surface area (Å²) in [6, 6.07) is 5.32. The van der Waals surface area contributed by atoms with Crippen LogP contribution in [0, 0.1) is 6.92 Å². The molecule has 1 aromatic rings. The first-order chi connectivity index (χ1) is 10.9. The maximum atomic E-state index is 12.1. The van der Waals surface area contributed by atoms with Crippen molar-refractivity contribution in [2.75, 3.05) is 13.7 Å². The lowest BCUT2D eigenvalue weighted by Crippen LogP contribution is -2.49. The van der Waals surface area contributed by atoms with Crippen molar-refractivity contribution in [1.82, 2.24) is 5.32 Å². The van der Waals surface area contributed by atoms with Crippen LogP contribution in [-0.4, -0.2) is 36.2 Å². The number of nitrogens with one attached hydrogen (secondary N) is 1. The molecular weight excluding hydrogens is 298 g/mol. The van der Waals surface area contributed by atoms with Crippen LogP contribution in [-0.2, 0) is 9.59 Å². The standard InChI is InChI=1S/C17H23NO5/c1-12-9-13(5-6-14(12)22-2)23-11-15(19)18-17(10-16(20)21)7-3-4-8-17/h5-6,9H,3-4,7-8,10-11H2,1-2H3,(H,18,19)(H,20,21). The average Bonchev–Trinajstić information content (AvgIpc) is 2.92. The summed E-state index contributed by atoms with van der Waals surface area (Å²) in [6.45, 7) is 1.76. The average molecular weight is 321 g/mol. The highest BCUT2D eigenvalue weighted by Crippen LogP contribution is 2.32. The van der Waals surface area contributed by atoms with Gasteiger partial charge in [0.2, 0.25) is 0 Å². The monoisotopic (exact) mass is 321 g/mol. The third-order valence-corrected chi connectivity index (χ3v) is 4.19. The zero-order valence-corrected chi connectivity index (χ0v) is 13.6. The van der Waals surface area contributed by atoms with E-state index in [-0.39, 0.29) is 18.9 Å². The van der Waals surface area contributed by atoms with E-state index in [4.69, 9.17) is 14.6 Å². The van der Waals surface area contributed by atoms with Gasteiger partial charge in [-0.05, 0) is 43.5 Å². The third-order valence-electron chi connectivity index (χ3n) is 4.19. The van der Waals surface area contributed by atoms with E-state index in [0.717, 1.165) is 24.2 Å². The molecule has 126 valence electrons. The maximum absolute atomic E-state index is 12.1. The van der Waals surface area contributed by atoms with Gasteiger partial charge in [0, 0.05) is 0 Å². The molecule has 0 aromatic heterocycles. The first-order valence-corrected chi connectivity index (χ1v) is 7.74. The highest BCUT2D eigenvalue weighted by molar-refractivity contribution is 5.79. The van der Waals surface area contributed by atoms with E-state index in [1.54, 1.807) is 25.3 Å². The van der Waals surface area contributed by atoms with Crippen molar-refractivity contribution in [3.05, 3.63) is 23.8 Å². The van der Waals surface area contributed by atoms with Gasteiger partial charge in [0.25, 0.3) is 5.91 Å². The van der Waals surface area contributed by atoms with Crippen LogP contribution in [0.15, 0.2) is 18.2 Å². The molecule has 6 nitrogen and oxygen atoms in total. The fourth-order valence-electron chi connectivity index (χ4n) is 3.11. The molecule has 1 amide bonds. The van der Waals surface area contributed by atoms with Crippen LogP contribution >= 0.6 is 0 Å². The van der Waals surface area contributed by atoms with Gasteiger partial charge in [-0.3, -0.25) is 9.59 Å². The zero-order valence-electron chi connectivity index (χ0n) is 13.6. The number of rotatable bonds is 7. The smallest absolute Gasteiger partial charge is 0.305 e. The molecule has 1 aliphatic rings. The van der Waals surface area contributed by atoms with Gasteiger partial charge in [0.1, 0.15) is 11.5 Å². The van der Waals surface area contributed by atoms with Gasteiger partial charge in [-0.25, -0.2) is 0 Å². The predicted molar refractivity (Wildman–Crippen MR) is 84.8 cm³/mol. The summed E-state index contributed by atoms with van der Waals surface area (Å²) in [5.74, 6) is 0.158. The fraction of sp³-hybridized carbons (Fsp3) is 0.529. The lowest BCUT2D eigenvalue weighted by Gasteiger charge is -2.28. The van der Waals surface area contributed by atoms with E-state index in [1.807, 2.05) is 6.92 Å². The third kappa shape index (κ3) is 4.61. The number of carbonyl (C=O) groups excluding carboxylic acids is 1. The largest absolute Gasteiger partial charge is 0.496 e. The second-order valence-corrected chi connectivity index (χ2v) is 6.03. The topological polar surface area (TPSA) is 84.9 Å². The Balaban J connectivity index is 1.91. The number of hydrogen-bond donors (Lipinski definition) is 2. The van der Waals surface area contributed by atoms with Crippen LogP contribution in [0.4, 0.5) is 0 Å². The highest BCUT2D eigenvalue weighted by Gasteiger charge is 2.37. The first kappa shape index (κ1) is 17.1. The Kier molecular flexibility index (Phi) is 5.47. The molecule has 2 N–H and O–H groups in total. The Morgan fingerprint density at radius 1 is 1.30 bits per heavy atom. The molecule has 1 aliphatic carbocycles. The summed E-state index contributed by atoms with van der Waals surface area (Å²) >= 11 is 0. The molecular formula is C17H23NO5. The van der Waals surface area contributed by atoms with Crippen molar-refractivity contribution in [3.63, 3.8) is 0 Å². The molecule has 0 atom stereocenters. The number of amides is 1. The minimum Gasteiger partial charge on any atom is -0.496 e. The molecule has 0 aliphatic heterocycles. The van der Waals surface area contributed by atoms with Crippen molar-refractivity contribution < 1.29 is 24.2 Å². The fourth-order valence-corrected chi connectivity index (χ4v) is 3.11. The number of carboxylic acid groups (broad SMARTS) is 1. The van der Waals surface area contributed by atoms with Gasteiger partial charge in [-0.2, -0.15) is 0 Å². The molecule has 1 fully saturated rings. The van der Waals surface area contributed by atoms with Gasteiger partial charge in [0.15, 0.2) is 6.61 Å². The molecule has 0 bridgehead atoms. The van der Waals surface area contributed by atoms with Gasteiger partial charge in [-0.1, -0.05) is 12.8 Å². The summed E-state index contributed by atoms with van der Waals surface area (Å²) < 4.78 is 10.7. The summed E-state index contributed by atoms with van der Waals surface area (Å²) in [4.78, 5) is 23.1. The summed E-state index contributed by atoms with van der Waals surface area (Å²) in [5, 5.41) is 11.9. The van der Waals surface area contributed by atoms with Crippen LogP contribution in [0.2, 0.25) is 0 Å². The Hall–Kier alpha value is -2.24. The number of hydrogen-bond acceptors (Lipinski definition) is 4. The van der Waals surface area contributed by atoms with Crippen LogP contribution < -0.4 is 14.8 Å². The predicted octanol–water partition coefficient (Wildman–Crippen LogP) is 2.29. The van der Waals surface area contributed by atoms with Gasteiger partial charge in [-0.15, -0.1) is 0 Å².